The van der Waals surface area contributed by atoms with Gasteiger partial charge in [-0.1, -0.05) is 24.3 Å². The molecule has 2 N–H and O–H groups in total. The smallest absolute Gasteiger partial charge is 0.347 e. The summed E-state index contributed by atoms with van der Waals surface area (Å²) in [7, 11) is 0. The van der Waals surface area contributed by atoms with Gasteiger partial charge in [-0.15, -0.1) is 0 Å². The summed E-state index contributed by atoms with van der Waals surface area (Å²) in [5.74, 6) is 0.162. The molecule has 2 aliphatic rings. The third-order valence-electron chi connectivity index (χ3n) is 7.31. The molecule has 7 heteroatoms. The van der Waals surface area contributed by atoms with E-state index in [-0.39, 0.29) is 12.5 Å². The molecule has 0 saturated heterocycles. The maximum absolute atomic E-state index is 13.2. The number of esters is 1. The summed E-state index contributed by atoms with van der Waals surface area (Å²) in [6.45, 7) is 4.77. The Morgan fingerprint density at radius 3 is 2.78 bits per heavy atom. The van der Waals surface area contributed by atoms with Crippen LogP contribution in [0.15, 0.2) is 42.5 Å². The standard InChI is InChI=1S/C29H28N2O5/c1-3-35-29(34)16(2)36-18-9-11-19-17(14-18)8-10-21-24(19)26-22(15-30-28(26)33)25-20-6-4-5-7-23(20)31(12-13-32)27(21)25/h4-7,9,11,14,16,32H,3,8,10,12-13,15H2,1-2H3,(H,30,33). The van der Waals surface area contributed by atoms with E-state index in [1.54, 1.807) is 13.8 Å². The van der Waals surface area contributed by atoms with Crippen molar-refractivity contribution in [3.63, 3.8) is 0 Å². The SMILES string of the molecule is CCOC(=O)C(C)Oc1ccc2c(c1)CCc1c-2c2c(c3c4ccccc4n(CCO)c13)CNC2=O. The van der Waals surface area contributed by atoms with Crippen molar-refractivity contribution in [2.24, 2.45) is 0 Å². The number of carbonyl (C=O) groups excluding carboxylic acids is 2. The Morgan fingerprint density at radius 1 is 1.14 bits per heavy atom. The molecule has 1 unspecified atom stereocenters. The predicted octanol–water partition coefficient (Wildman–Crippen LogP) is 4.13. The van der Waals surface area contributed by atoms with Crippen molar-refractivity contribution < 1.29 is 24.2 Å². The maximum Gasteiger partial charge on any atom is 0.347 e. The zero-order valence-electron chi connectivity index (χ0n) is 20.4. The Labute approximate surface area is 208 Å². The highest BCUT2D eigenvalue weighted by atomic mass is 16.6. The summed E-state index contributed by atoms with van der Waals surface area (Å²) in [6, 6.07) is 14.0. The number of carbonyl (C=O) groups is 2. The molecule has 0 fully saturated rings. The first-order valence-corrected chi connectivity index (χ1v) is 12.5. The van der Waals surface area contributed by atoms with E-state index < -0.39 is 12.1 Å². The normalized spacial score (nSPS) is 14.8. The van der Waals surface area contributed by atoms with E-state index in [1.165, 1.54) is 0 Å². The van der Waals surface area contributed by atoms with Gasteiger partial charge in [0.25, 0.3) is 5.91 Å². The van der Waals surface area contributed by atoms with Gasteiger partial charge in [0.1, 0.15) is 5.75 Å². The summed E-state index contributed by atoms with van der Waals surface area (Å²) >= 11 is 0. The Hall–Kier alpha value is -3.84. The minimum atomic E-state index is -0.706. The summed E-state index contributed by atoms with van der Waals surface area (Å²) < 4.78 is 13.1. The van der Waals surface area contributed by atoms with E-state index in [0.29, 0.717) is 25.4 Å². The first kappa shape index (κ1) is 22.6. The Kier molecular flexibility index (Phi) is 5.45. The molecule has 7 nitrogen and oxygen atoms in total. The molecule has 0 bridgehead atoms. The Bertz CT molecular complexity index is 1550. The van der Waals surface area contributed by atoms with Crippen LogP contribution in [-0.4, -0.2) is 40.9 Å². The van der Waals surface area contributed by atoms with Gasteiger partial charge >= 0.3 is 5.97 Å². The van der Waals surface area contributed by atoms with E-state index >= 15 is 0 Å². The first-order chi connectivity index (χ1) is 17.5. The average molecular weight is 485 g/mol. The number of aromatic nitrogens is 1. The van der Waals surface area contributed by atoms with Crippen LogP contribution in [0, 0.1) is 0 Å². The molecule has 0 spiro atoms. The average Bonchev–Trinajstić information content (AvgIpc) is 3.42. The number of amides is 1. The lowest BCUT2D eigenvalue weighted by Crippen LogP contribution is -2.26. The number of hydrogen-bond acceptors (Lipinski definition) is 5. The van der Waals surface area contributed by atoms with E-state index in [9.17, 15) is 14.7 Å². The molecule has 1 aliphatic heterocycles. The van der Waals surface area contributed by atoms with Gasteiger partial charge in [-0.05, 0) is 67.1 Å². The molecule has 3 aromatic carbocycles. The van der Waals surface area contributed by atoms with Crippen molar-refractivity contribution in [3.8, 4) is 16.9 Å². The zero-order chi connectivity index (χ0) is 25.0. The van der Waals surface area contributed by atoms with E-state index in [1.807, 2.05) is 30.3 Å². The van der Waals surface area contributed by atoms with E-state index in [2.05, 4.69) is 22.0 Å². The molecule has 0 radical (unpaired) electrons. The lowest BCUT2D eigenvalue weighted by Gasteiger charge is -2.25. The highest BCUT2D eigenvalue weighted by Crippen LogP contribution is 2.47. The van der Waals surface area contributed by atoms with Crippen LogP contribution < -0.4 is 10.1 Å². The summed E-state index contributed by atoms with van der Waals surface area (Å²) in [5, 5.41) is 15.2. The van der Waals surface area contributed by atoms with Crippen LogP contribution in [0.25, 0.3) is 32.9 Å². The monoisotopic (exact) mass is 484 g/mol. The van der Waals surface area contributed by atoms with Crippen molar-refractivity contribution in [2.45, 2.75) is 45.9 Å². The van der Waals surface area contributed by atoms with Crippen LogP contribution in [0.5, 0.6) is 5.75 Å². The van der Waals surface area contributed by atoms with Crippen LogP contribution >= 0.6 is 0 Å². The molecule has 2 heterocycles. The minimum absolute atomic E-state index is 0.0345. The van der Waals surface area contributed by atoms with Gasteiger partial charge in [-0.2, -0.15) is 0 Å². The van der Waals surface area contributed by atoms with Gasteiger partial charge in [-0.25, -0.2) is 4.79 Å². The Balaban J connectivity index is 1.56. The number of nitrogens with zero attached hydrogens (tertiary/aromatic N) is 1. The quantitative estimate of drug-likeness (QED) is 0.402. The second-order valence-corrected chi connectivity index (χ2v) is 9.34. The molecule has 184 valence electrons. The number of hydrogen-bond donors (Lipinski definition) is 2. The van der Waals surface area contributed by atoms with Gasteiger partial charge in [-0.3, -0.25) is 4.79 Å². The van der Waals surface area contributed by atoms with Crippen molar-refractivity contribution >= 4 is 33.7 Å². The highest BCUT2D eigenvalue weighted by Gasteiger charge is 2.34. The lowest BCUT2D eigenvalue weighted by atomic mass is 9.80. The second kappa shape index (κ2) is 8.68. The third kappa shape index (κ3) is 3.30. The van der Waals surface area contributed by atoms with Crippen molar-refractivity contribution in [3.05, 3.63) is 64.7 Å². The molecule has 36 heavy (non-hydrogen) atoms. The summed E-state index contributed by atoms with van der Waals surface area (Å²) in [4.78, 5) is 25.2. The zero-order valence-corrected chi connectivity index (χ0v) is 20.4. The van der Waals surface area contributed by atoms with E-state index in [0.717, 1.165) is 68.0 Å². The molecule has 1 aliphatic carbocycles. The second-order valence-electron chi connectivity index (χ2n) is 9.34. The molecule has 4 aromatic rings. The van der Waals surface area contributed by atoms with Crippen molar-refractivity contribution in [2.75, 3.05) is 13.2 Å². The van der Waals surface area contributed by atoms with Gasteiger partial charge in [0.15, 0.2) is 6.10 Å². The minimum Gasteiger partial charge on any atom is -0.479 e. The Morgan fingerprint density at radius 2 is 1.97 bits per heavy atom. The van der Waals surface area contributed by atoms with Gasteiger partial charge < -0.3 is 24.5 Å². The van der Waals surface area contributed by atoms with Gasteiger partial charge in [0, 0.05) is 34.9 Å². The summed E-state index contributed by atoms with van der Waals surface area (Å²) in [5.41, 5.74) is 8.17. The molecule has 1 atom stereocenters. The molecular weight excluding hydrogens is 456 g/mol. The van der Waals surface area contributed by atoms with E-state index in [4.69, 9.17) is 9.47 Å². The van der Waals surface area contributed by atoms with Crippen LogP contribution in [-0.2, 0) is 35.5 Å². The number of aliphatic hydroxyl groups is 1. The summed E-state index contributed by atoms with van der Waals surface area (Å²) in [6.07, 6.45) is 0.837. The molecule has 0 saturated carbocycles. The largest absolute Gasteiger partial charge is 0.479 e. The fraction of sp³-hybridized carbons (Fsp3) is 0.310. The number of benzene rings is 3. The lowest BCUT2D eigenvalue weighted by molar-refractivity contribution is -0.150. The van der Waals surface area contributed by atoms with Crippen LogP contribution in [0.3, 0.4) is 0 Å². The molecule has 1 amide bonds. The number of para-hydroxylation sites is 1. The molecule has 1 aromatic heterocycles. The fourth-order valence-electron chi connectivity index (χ4n) is 5.89. The third-order valence-corrected chi connectivity index (χ3v) is 7.31. The number of nitrogens with one attached hydrogen (secondary N) is 1. The number of aliphatic hydroxyl groups excluding tert-OH is 1. The predicted molar refractivity (Wildman–Crippen MR) is 137 cm³/mol. The maximum atomic E-state index is 13.2. The van der Waals surface area contributed by atoms with Crippen LogP contribution in [0.4, 0.5) is 0 Å². The molecule has 6 rings (SSSR count). The number of rotatable bonds is 6. The topological polar surface area (TPSA) is 89.8 Å². The van der Waals surface area contributed by atoms with Gasteiger partial charge in [0.2, 0.25) is 0 Å². The van der Waals surface area contributed by atoms with Crippen LogP contribution in [0.2, 0.25) is 0 Å². The fourth-order valence-corrected chi connectivity index (χ4v) is 5.89. The number of fused-ring (bicyclic) bond motifs is 10. The first-order valence-electron chi connectivity index (χ1n) is 12.5. The number of aryl methyl sites for hydroxylation is 2. The highest BCUT2D eigenvalue weighted by molar-refractivity contribution is 6.19. The van der Waals surface area contributed by atoms with Crippen molar-refractivity contribution in [1.82, 2.24) is 9.88 Å². The van der Waals surface area contributed by atoms with Gasteiger partial charge in [0.05, 0.1) is 24.3 Å². The van der Waals surface area contributed by atoms with Crippen LogP contribution in [0.1, 0.15) is 40.9 Å². The van der Waals surface area contributed by atoms with Crippen molar-refractivity contribution in [1.29, 1.82) is 0 Å². The molecular formula is C29H28N2O5. The number of ether oxygens (including phenoxy) is 2.